The zero-order chi connectivity index (χ0) is 13.9. The first-order valence-corrected chi connectivity index (χ1v) is 6.87. The molecule has 0 aliphatic heterocycles. The number of rotatable bonds is 4. The Labute approximate surface area is 105 Å². The Kier molecular flexibility index (Phi) is 4.07. The van der Waals surface area contributed by atoms with E-state index in [1.54, 1.807) is 6.92 Å². The molecule has 0 spiro atoms. The van der Waals surface area contributed by atoms with Gasteiger partial charge < -0.3 is 10.5 Å². The van der Waals surface area contributed by atoms with E-state index in [0.717, 1.165) is 6.26 Å². The van der Waals surface area contributed by atoms with E-state index in [4.69, 9.17) is 5.73 Å². The summed E-state index contributed by atoms with van der Waals surface area (Å²) >= 11 is 0. The second-order valence-corrected chi connectivity index (χ2v) is 5.81. The van der Waals surface area contributed by atoms with Crippen LogP contribution in [0, 0.1) is 6.92 Å². The number of hydrogen-bond acceptors (Lipinski definition) is 5. The van der Waals surface area contributed by atoms with E-state index in [-0.39, 0.29) is 10.5 Å². The molecular formula is C11H13NO5S. The van der Waals surface area contributed by atoms with E-state index in [1.807, 2.05) is 0 Å². The van der Waals surface area contributed by atoms with E-state index in [0.29, 0.717) is 5.56 Å². The molecule has 1 aromatic rings. The molecule has 6 nitrogen and oxygen atoms in total. The topological polar surface area (TPSA) is 104 Å². The fourth-order valence-electron chi connectivity index (χ4n) is 1.27. The van der Waals surface area contributed by atoms with Crippen molar-refractivity contribution < 1.29 is 22.7 Å². The summed E-state index contributed by atoms with van der Waals surface area (Å²) in [5.74, 6) is -1.56. The van der Waals surface area contributed by atoms with E-state index in [2.05, 4.69) is 4.74 Å². The molecule has 1 rings (SSSR count). The molecule has 2 N–H and O–H groups in total. The quantitative estimate of drug-likeness (QED) is 0.779. The van der Waals surface area contributed by atoms with Crippen molar-refractivity contribution in [2.45, 2.75) is 11.8 Å². The standard InChI is InChI=1S/C11H13NO5S/c1-7-3-4-8(18(2,15)16)5-9(7)11(14)17-6-10(12)13/h3-5H,6H2,1-2H3,(H2,12,13). The van der Waals surface area contributed by atoms with E-state index < -0.39 is 28.3 Å². The van der Waals surface area contributed by atoms with Gasteiger partial charge in [0.1, 0.15) is 0 Å². The number of amides is 1. The minimum atomic E-state index is -3.41. The van der Waals surface area contributed by atoms with Crippen molar-refractivity contribution >= 4 is 21.7 Å². The number of nitrogens with two attached hydrogens (primary N) is 1. The number of primary amides is 1. The number of esters is 1. The van der Waals surface area contributed by atoms with E-state index in [1.165, 1.54) is 18.2 Å². The third kappa shape index (κ3) is 3.56. The monoisotopic (exact) mass is 271 g/mol. The van der Waals surface area contributed by atoms with Crippen LogP contribution in [0.15, 0.2) is 23.1 Å². The van der Waals surface area contributed by atoms with Gasteiger partial charge in [0.2, 0.25) is 0 Å². The van der Waals surface area contributed by atoms with Crippen molar-refractivity contribution in [1.82, 2.24) is 0 Å². The molecule has 0 fully saturated rings. The SMILES string of the molecule is Cc1ccc(S(C)(=O)=O)cc1C(=O)OCC(N)=O. The predicted octanol–water partition coefficient (Wildman–Crippen LogP) is 0.0406. The first-order chi connectivity index (χ1) is 8.21. The van der Waals surface area contributed by atoms with Crippen LogP contribution in [0.1, 0.15) is 15.9 Å². The van der Waals surface area contributed by atoms with Gasteiger partial charge in [0.05, 0.1) is 10.5 Å². The molecule has 0 radical (unpaired) electrons. The van der Waals surface area contributed by atoms with Crippen LogP contribution in [0.4, 0.5) is 0 Å². The molecule has 0 aliphatic carbocycles. The Bertz CT molecular complexity index is 591. The van der Waals surface area contributed by atoms with Crippen LogP contribution in [0.25, 0.3) is 0 Å². The second-order valence-electron chi connectivity index (χ2n) is 3.79. The van der Waals surface area contributed by atoms with Crippen LogP contribution >= 0.6 is 0 Å². The first kappa shape index (κ1) is 14.2. The summed E-state index contributed by atoms with van der Waals surface area (Å²) in [7, 11) is -3.41. The molecule has 18 heavy (non-hydrogen) atoms. The Morgan fingerprint density at radius 2 is 1.94 bits per heavy atom. The lowest BCUT2D eigenvalue weighted by molar-refractivity contribution is -0.121. The highest BCUT2D eigenvalue weighted by atomic mass is 32.2. The molecule has 98 valence electrons. The smallest absolute Gasteiger partial charge is 0.338 e. The van der Waals surface area contributed by atoms with Crippen LogP contribution in [0.5, 0.6) is 0 Å². The van der Waals surface area contributed by atoms with Gasteiger partial charge in [-0.1, -0.05) is 6.07 Å². The third-order valence-corrected chi connectivity index (χ3v) is 3.31. The van der Waals surface area contributed by atoms with Crippen molar-refractivity contribution in [2.24, 2.45) is 5.73 Å². The van der Waals surface area contributed by atoms with Gasteiger partial charge in [-0.15, -0.1) is 0 Å². The van der Waals surface area contributed by atoms with Crippen molar-refractivity contribution in [1.29, 1.82) is 0 Å². The minimum absolute atomic E-state index is 0.0131. The average Bonchev–Trinajstić information content (AvgIpc) is 2.24. The molecule has 1 aromatic carbocycles. The number of sulfone groups is 1. The number of carbonyl (C=O) groups is 2. The highest BCUT2D eigenvalue weighted by Crippen LogP contribution is 2.16. The minimum Gasteiger partial charge on any atom is -0.452 e. The van der Waals surface area contributed by atoms with Gasteiger partial charge in [0, 0.05) is 6.26 Å². The van der Waals surface area contributed by atoms with Gasteiger partial charge in [-0.05, 0) is 24.6 Å². The summed E-state index contributed by atoms with van der Waals surface area (Å²) in [5, 5.41) is 0. The molecule has 0 atom stereocenters. The van der Waals surface area contributed by atoms with Gasteiger partial charge in [-0.2, -0.15) is 0 Å². The lowest BCUT2D eigenvalue weighted by atomic mass is 10.1. The summed E-state index contributed by atoms with van der Waals surface area (Å²) in [6.07, 6.45) is 1.04. The summed E-state index contributed by atoms with van der Waals surface area (Å²) < 4.78 is 27.3. The molecule has 0 aromatic heterocycles. The highest BCUT2D eigenvalue weighted by molar-refractivity contribution is 7.90. The highest BCUT2D eigenvalue weighted by Gasteiger charge is 2.15. The molecule has 0 unspecified atom stereocenters. The maximum atomic E-state index is 11.6. The van der Waals surface area contributed by atoms with Crippen LogP contribution in [0.2, 0.25) is 0 Å². The van der Waals surface area contributed by atoms with Crippen molar-refractivity contribution in [3.8, 4) is 0 Å². The fraction of sp³-hybridized carbons (Fsp3) is 0.273. The van der Waals surface area contributed by atoms with Crippen molar-refractivity contribution in [2.75, 3.05) is 12.9 Å². The Balaban J connectivity index is 3.08. The van der Waals surface area contributed by atoms with Crippen LogP contribution in [-0.4, -0.2) is 33.2 Å². The molecule has 0 saturated carbocycles. The first-order valence-electron chi connectivity index (χ1n) is 4.98. The maximum absolute atomic E-state index is 11.6. The van der Waals surface area contributed by atoms with Crippen molar-refractivity contribution in [3.63, 3.8) is 0 Å². The summed E-state index contributed by atoms with van der Waals surface area (Å²) in [4.78, 5) is 22.1. The molecule has 7 heteroatoms. The molecule has 0 aliphatic rings. The number of hydrogen-bond donors (Lipinski definition) is 1. The van der Waals surface area contributed by atoms with E-state index >= 15 is 0 Å². The summed E-state index contributed by atoms with van der Waals surface area (Å²) in [6, 6.07) is 4.11. The summed E-state index contributed by atoms with van der Waals surface area (Å²) in [6.45, 7) is 1.09. The van der Waals surface area contributed by atoms with E-state index in [9.17, 15) is 18.0 Å². The normalized spacial score (nSPS) is 11.0. The van der Waals surface area contributed by atoms with Gasteiger partial charge in [0.25, 0.3) is 5.91 Å². The number of aryl methyl sites for hydroxylation is 1. The zero-order valence-electron chi connectivity index (χ0n) is 9.97. The molecule has 0 saturated heterocycles. The maximum Gasteiger partial charge on any atom is 0.338 e. The Morgan fingerprint density at radius 1 is 1.33 bits per heavy atom. The molecular weight excluding hydrogens is 258 g/mol. The lowest BCUT2D eigenvalue weighted by Crippen LogP contribution is -2.21. The fourth-order valence-corrected chi connectivity index (χ4v) is 1.91. The van der Waals surface area contributed by atoms with Gasteiger partial charge in [-0.3, -0.25) is 4.79 Å². The zero-order valence-corrected chi connectivity index (χ0v) is 10.8. The molecule has 0 bridgehead atoms. The second kappa shape index (κ2) is 5.18. The Hall–Kier alpha value is -1.89. The average molecular weight is 271 g/mol. The van der Waals surface area contributed by atoms with Crippen LogP contribution < -0.4 is 5.73 Å². The predicted molar refractivity (Wildman–Crippen MR) is 63.8 cm³/mol. The van der Waals surface area contributed by atoms with Gasteiger partial charge in [-0.25, -0.2) is 13.2 Å². The van der Waals surface area contributed by atoms with Crippen LogP contribution in [0.3, 0.4) is 0 Å². The third-order valence-electron chi connectivity index (χ3n) is 2.20. The number of carbonyl (C=O) groups excluding carboxylic acids is 2. The summed E-state index contributed by atoms with van der Waals surface area (Å²) in [5.41, 5.74) is 5.49. The number of ether oxygens (including phenoxy) is 1. The molecule has 0 heterocycles. The van der Waals surface area contributed by atoms with Gasteiger partial charge >= 0.3 is 5.97 Å². The van der Waals surface area contributed by atoms with Crippen LogP contribution in [-0.2, 0) is 19.4 Å². The Morgan fingerprint density at radius 3 is 2.44 bits per heavy atom. The molecule has 1 amide bonds. The van der Waals surface area contributed by atoms with Gasteiger partial charge in [0.15, 0.2) is 16.4 Å². The largest absolute Gasteiger partial charge is 0.452 e. The van der Waals surface area contributed by atoms with Crippen molar-refractivity contribution in [3.05, 3.63) is 29.3 Å². The lowest BCUT2D eigenvalue weighted by Gasteiger charge is -2.07. The number of benzene rings is 1.